The quantitative estimate of drug-likeness (QED) is 0.302. The van der Waals surface area contributed by atoms with Gasteiger partial charge in [0.2, 0.25) is 15.9 Å². The second-order valence-corrected chi connectivity index (χ2v) is 11.2. The Morgan fingerprint density at radius 1 is 0.972 bits per heavy atom. The standard InChI is InChI=1S/C27H27BrN4O3S/c1-4-31(36(34,35)23-16-14-22(28)15-17-23)18-25(33)29-27-26(21-11-6-5-7-12-21)20(3)30-32(27)24-13-9-8-10-19(24)2/h5-17H,4,18H2,1-3H3,(H,29,33). The van der Waals surface area contributed by atoms with Crippen molar-refractivity contribution >= 4 is 37.7 Å². The molecule has 0 spiro atoms. The number of rotatable bonds is 8. The van der Waals surface area contributed by atoms with E-state index in [2.05, 4.69) is 21.2 Å². The zero-order valence-corrected chi connectivity index (χ0v) is 22.7. The van der Waals surface area contributed by atoms with Crippen molar-refractivity contribution in [2.45, 2.75) is 25.7 Å². The fourth-order valence-corrected chi connectivity index (χ4v) is 5.69. The molecule has 3 aromatic carbocycles. The first-order valence-electron chi connectivity index (χ1n) is 11.5. The van der Waals surface area contributed by atoms with Crippen molar-refractivity contribution in [2.75, 3.05) is 18.4 Å². The van der Waals surface area contributed by atoms with Crippen molar-refractivity contribution in [2.24, 2.45) is 0 Å². The van der Waals surface area contributed by atoms with Crippen LogP contribution in [0.15, 0.2) is 88.2 Å². The van der Waals surface area contributed by atoms with Gasteiger partial charge < -0.3 is 5.32 Å². The predicted molar refractivity (Wildman–Crippen MR) is 146 cm³/mol. The van der Waals surface area contributed by atoms with Gasteiger partial charge in [0.25, 0.3) is 0 Å². The number of benzene rings is 3. The van der Waals surface area contributed by atoms with Gasteiger partial charge in [-0.3, -0.25) is 4.79 Å². The van der Waals surface area contributed by atoms with E-state index in [-0.39, 0.29) is 18.0 Å². The van der Waals surface area contributed by atoms with Crippen LogP contribution in [-0.2, 0) is 14.8 Å². The maximum atomic E-state index is 13.3. The minimum atomic E-state index is -3.85. The largest absolute Gasteiger partial charge is 0.309 e. The van der Waals surface area contributed by atoms with Crippen LogP contribution in [0.5, 0.6) is 0 Å². The van der Waals surface area contributed by atoms with Gasteiger partial charge in [0, 0.05) is 16.6 Å². The van der Waals surface area contributed by atoms with Crippen LogP contribution in [-0.4, -0.2) is 41.5 Å². The Hall–Kier alpha value is -3.27. The zero-order valence-electron chi connectivity index (χ0n) is 20.3. The molecule has 4 rings (SSSR count). The first kappa shape index (κ1) is 25.8. The van der Waals surface area contributed by atoms with Crippen molar-refractivity contribution in [1.29, 1.82) is 0 Å². The molecule has 186 valence electrons. The highest BCUT2D eigenvalue weighted by atomic mass is 79.9. The molecule has 0 radical (unpaired) electrons. The van der Waals surface area contributed by atoms with Gasteiger partial charge in [0.15, 0.2) is 0 Å². The number of amides is 1. The third kappa shape index (κ3) is 5.28. The van der Waals surface area contributed by atoms with Crippen LogP contribution in [0.2, 0.25) is 0 Å². The smallest absolute Gasteiger partial charge is 0.243 e. The first-order valence-corrected chi connectivity index (χ1v) is 13.7. The third-order valence-electron chi connectivity index (χ3n) is 5.85. The van der Waals surface area contributed by atoms with Gasteiger partial charge in [-0.25, -0.2) is 13.1 Å². The van der Waals surface area contributed by atoms with Crippen LogP contribution in [0.4, 0.5) is 5.82 Å². The molecule has 0 aliphatic rings. The molecule has 7 nitrogen and oxygen atoms in total. The molecule has 0 bridgehead atoms. The van der Waals surface area contributed by atoms with Crippen LogP contribution < -0.4 is 5.32 Å². The Morgan fingerprint density at radius 2 is 1.61 bits per heavy atom. The minimum Gasteiger partial charge on any atom is -0.309 e. The topological polar surface area (TPSA) is 84.3 Å². The van der Waals surface area contributed by atoms with E-state index in [4.69, 9.17) is 5.10 Å². The molecule has 1 heterocycles. The van der Waals surface area contributed by atoms with Crippen LogP contribution in [0.3, 0.4) is 0 Å². The van der Waals surface area contributed by atoms with Crippen LogP contribution >= 0.6 is 15.9 Å². The van der Waals surface area contributed by atoms with Crippen molar-refractivity contribution in [3.63, 3.8) is 0 Å². The third-order valence-corrected chi connectivity index (χ3v) is 8.31. The van der Waals surface area contributed by atoms with Gasteiger partial charge in [-0.05, 0) is 55.3 Å². The fraction of sp³-hybridized carbons (Fsp3) is 0.185. The van der Waals surface area contributed by atoms with Gasteiger partial charge in [0.1, 0.15) is 5.82 Å². The lowest BCUT2D eigenvalue weighted by Gasteiger charge is -2.21. The average Bonchev–Trinajstić information content (AvgIpc) is 3.18. The van der Waals surface area contributed by atoms with Crippen molar-refractivity contribution < 1.29 is 13.2 Å². The van der Waals surface area contributed by atoms with Crippen LogP contribution in [0.1, 0.15) is 18.2 Å². The summed E-state index contributed by atoms with van der Waals surface area (Å²) in [6.45, 7) is 5.39. The van der Waals surface area contributed by atoms with E-state index in [1.165, 1.54) is 12.1 Å². The van der Waals surface area contributed by atoms with E-state index in [0.717, 1.165) is 36.8 Å². The Bertz CT molecular complexity index is 1480. The van der Waals surface area contributed by atoms with E-state index in [1.807, 2.05) is 68.4 Å². The van der Waals surface area contributed by atoms with Gasteiger partial charge in [-0.15, -0.1) is 0 Å². The second kappa shape index (κ2) is 10.8. The number of nitrogens with one attached hydrogen (secondary N) is 1. The number of likely N-dealkylation sites (N-methyl/N-ethyl adjacent to an activating group) is 1. The number of hydrogen-bond acceptors (Lipinski definition) is 4. The summed E-state index contributed by atoms with van der Waals surface area (Å²) in [5.41, 5.74) is 4.25. The second-order valence-electron chi connectivity index (χ2n) is 8.31. The van der Waals surface area contributed by atoms with Gasteiger partial charge >= 0.3 is 0 Å². The molecule has 0 aliphatic heterocycles. The summed E-state index contributed by atoms with van der Waals surface area (Å²) in [5, 5.41) is 7.71. The SMILES string of the molecule is CCN(CC(=O)Nc1c(-c2ccccc2)c(C)nn1-c1ccccc1C)S(=O)(=O)c1ccc(Br)cc1. The van der Waals surface area contributed by atoms with E-state index in [0.29, 0.717) is 5.82 Å². The molecular weight excluding hydrogens is 540 g/mol. The molecule has 1 aromatic heterocycles. The molecule has 1 amide bonds. The molecule has 0 atom stereocenters. The van der Waals surface area contributed by atoms with Crippen molar-refractivity contribution in [1.82, 2.24) is 14.1 Å². The highest BCUT2D eigenvalue weighted by Gasteiger charge is 2.27. The lowest BCUT2D eigenvalue weighted by atomic mass is 10.1. The minimum absolute atomic E-state index is 0.131. The van der Waals surface area contributed by atoms with Crippen molar-refractivity contribution in [3.05, 3.63) is 94.6 Å². The number of carbonyl (C=O) groups excluding carboxylic acids is 1. The number of sulfonamides is 1. The number of halogens is 1. The number of aryl methyl sites for hydroxylation is 2. The molecule has 9 heteroatoms. The number of carbonyl (C=O) groups is 1. The molecule has 1 N–H and O–H groups in total. The number of hydrogen-bond donors (Lipinski definition) is 1. The van der Waals surface area contributed by atoms with Crippen LogP contribution in [0, 0.1) is 13.8 Å². The molecule has 4 aromatic rings. The number of nitrogens with zero attached hydrogens (tertiary/aromatic N) is 3. The van der Waals surface area contributed by atoms with E-state index >= 15 is 0 Å². The summed E-state index contributed by atoms with van der Waals surface area (Å²) in [7, 11) is -3.85. The molecule has 0 aliphatic carbocycles. The molecular formula is C27H27BrN4O3S. The molecule has 0 fully saturated rings. The Labute approximate surface area is 219 Å². The number of anilines is 1. The van der Waals surface area contributed by atoms with Gasteiger partial charge in [-0.2, -0.15) is 9.40 Å². The highest BCUT2D eigenvalue weighted by Crippen LogP contribution is 2.34. The summed E-state index contributed by atoms with van der Waals surface area (Å²) in [6, 6.07) is 23.8. The first-order chi connectivity index (χ1) is 17.2. The summed E-state index contributed by atoms with van der Waals surface area (Å²) in [5.74, 6) is 0.0412. The van der Waals surface area contributed by atoms with E-state index in [9.17, 15) is 13.2 Å². The summed E-state index contributed by atoms with van der Waals surface area (Å²) in [4.78, 5) is 13.4. The maximum Gasteiger partial charge on any atom is 0.243 e. The highest BCUT2D eigenvalue weighted by molar-refractivity contribution is 9.10. The van der Waals surface area contributed by atoms with E-state index < -0.39 is 15.9 Å². The Morgan fingerprint density at radius 3 is 2.25 bits per heavy atom. The Kier molecular flexibility index (Phi) is 7.73. The zero-order chi connectivity index (χ0) is 25.9. The molecule has 0 saturated carbocycles. The van der Waals surface area contributed by atoms with Crippen LogP contribution in [0.25, 0.3) is 16.8 Å². The summed E-state index contributed by atoms with van der Waals surface area (Å²) < 4.78 is 30.1. The molecule has 0 unspecified atom stereocenters. The van der Waals surface area contributed by atoms with Gasteiger partial charge in [-0.1, -0.05) is 71.4 Å². The fourth-order valence-electron chi connectivity index (χ4n) is 4.02. The van der Waals surface area contributed by atoms with E-state index in [1.54, 1.807) is 23.7 Å². The lowest BCUT2D eigenvalue weighted by Crippen LogP contribution is -2.38. The molecule has 0 saturated heterocycles. The van der Waals surface area contributed by atoms with Crippen molar-refractivity contribution in [3.8, 4) is 16.8 Å². The summed E-state index contributed by atoms with van der Waals surface area (Å²) in [6.07, 6.45) is 0. The predicted octanol–water partition coefficient (Wildman–Crippen LogP) is 5.57. The lowest BCUT2D eigenvalue weighted by molar-refractivity contribution is -0.116. The molecule has 36 heavy (non-hydrogen) atoms. The monoisotopic (exact) mass is 566 g/mol. The summed E-state index contributed by atoms with van der Waals surface area (Å²) >= 11 is 3.32. The number of aromatic nitrogens is 2. The normalized spacial score (nSPS) is 11.6. The Balaban J connectivity index is 1.71. The number of para-hydroxylation sites is 1. The maximum absolute atomic E-state index is 13.3. The average molecular weight is 568 g/mol. The van der Waals surface area contributed by atoms with Gasteiger partial charge in [0.05, 0.1) is 22.8 Å².